The fraction of sp³-hybridized carbons (Fsp3) is 0.625. The summed E-state index contributed by atoms with van der Waals surface area (Å²) in [5.74, 6) is -4.59. The molecule has 5 nitrogen and oxygen atoms in total. The lowest BCUT2D eigenvalue weighted by Crippen LogP contribution is -2.44. The van der Waals surface area contributed by atoms with E-state index in [9.17, 15) is 14.4 Å². The van der Waals surface area contributed by atoms with Gasteiger partial charge in [-0.25, -0.2) is 0 Å². The summed E-state index contributed by atoms with van der Waals surface area (Å²) in [5.41, 5.74) is -1.84. The zero-order valence-corrected chi connectivity index (χ0v) is 7.70. The Kier molecular flexibility index (Phi) is 3.17. The number of rotatable bonds is 4. The molecule has 0 aliphatic rings. The van der Waals surface area contributed by atoms with E-state index in [1.165, 1.54) is 6.92 Å². The Morgan fingerprint density at radius 1 is 1.23 bits per heavy atom. The second-order valence-corrected chi connectivity index (χ2v) is 3.12. The highest BCUT2D eigenvalue weighted by Gasteiger charge is 2.47. The van der Waals surface area contributed by atoms with Crippen molar-refractivity contribution in [3.05, 3.63) is 0 Å². The number of carbonyl (C=O) groups is 3. The fourth-order valence-corrected chi connectivity index (χ4v) is 0.888. The zero-order chi connectivity index (χ0) is 10.8. The molecule has 0 aromatic heterocycles. The van der Waals surface area contributed by atoms with Gasteiger partial charge >= 0.3 is 11.9 Å². The molecule has 2 unspecified atom stereocenters. The molecular weight excluding hydrogens is 176 g/mol. The van der Waals surface area contributed by atoms with Crippen molar-refractivity contribution in [2.24, 2.45) is 11.3 Å². The van der Waals surface area contributed by atoms with Crippen LogP contribution in [0, 0.1) is 11.3 Å². The predicted octanol–water partition coefficient (Wildman–Crippen LogP) is 0.387. The molecule has 0 rings (SSSR count). The second kappa shape index (κ2) is 3.55. The first kappa shape index (κ1) is 11.6. The van der Waals surface area contributed by atoms with Crippen molar-refractivity contribution in [3.8, 4) is 0 Å². The third kappa shape index (κ3) is 1.85. The van der Waals surface area contributed by atoms with Crippen molar-refractivity contribution >= 4 is 17.7 Å². The summed E-state index contributed by atoms with van der Waals surface area (Å²) >= 11 is 0. The second-order valence-electron chi connectivity index (χ2n) is 3.12. The van der Waals surface area contributed by atoms with E-state index in [0.717, 1.165) is 13.8 Å². The van der Waals surface area contributed by atoms with Gasteiger partial charge in [0.2, 0.25) is 0 Å². The van der Waals surface area contributed by atoms with E-state index in [2.05, 4.69) is 0 Å². The lowest BCUT2D eigenvalue weighted by Gasteiger charge is -2.25. The Hall–Kier alpha value is -1.39. The normalized spacial score (nSPS) is 17.2. The van der Waals surface area contributed by atoms with Crippen LogP contribution in [0.25, 0.3) is 0 Å². The lowest BCUT2D eigenvalue weighted by molar-refractivity contribution is -0.164. The number of hydrogen-bond acceptors (Lipinski definition) is 3. The highest BCUT2D eigenvalue weighted by molar-refractivity contribution is 6.04. The molecular formula is C8H12O5. The summed E-state index contributed by atoms with van der Waals surface area (Å²) in [6.07, 6.45) is 0. The van der Waals surface area contributed by atoms with Gasteiger partial charge in [-0.2, -0.15) is 0 Å². The van der Waals surface area contributed by atoms with Crippen LogP contribution in [0.4, 0.5) is 0 Å². The molecule has 0 spiro atoms. The van der Waals surface area contributed by atoms with Crippen molar-refractivity contribution < 1.29 is 24.6 Å². The topological polar surface area (TPSA) is 91.7 Å². The van der Waals surface area contributed by atoms with Crippen LogP contribution in [0.2, 0.25) is 0 Å². The molecule has 0 amide bonds. The van der Waals surface area contributed by atoms with Crippen LogP contribution in [-0.4, -0.2) is 27.9 Å². The minimum atomic E-state index is -1.84. The van der Waals surface area contributed by atoms with E-state index < -0.39 is 29.1 Å². The van der Waals surface area contributed by atoms with Crippen LogP contribution >= 0.6 is 0 Å². The van der Waals surface area contributed by atoms with Crippen LogP contribution < -0.4 is 0 Å². The van der Waals surface area contributed by atoms with Crippen molar-refractivity contribution in [3.63, 3.8) is 0 Å². The molecule has 0 fully saturated rings. The van der Waals surface area contributed by atoms with E-state index >= 15 is 0 Å². The molecule has 5 heteroatoms. The number of aliphatic carboxylic acids is 2. The number of Topliss-reactive ketones (excluding diaryl/α,β-unsaturated/α-hetero) is 1. The average Bonchev–Trinajstić information content (AvgIpc) is 2.00. The molecule has 0 heterocycles. The first-order chi connectivity index (χ1) is 5.74. The third-order valence-electron chi connectivity index (χ3n) is 2.41. The van der Waals surface area contributed by atoms with E-state index in [-0.39, 0.29) is 0 Å². The first-order valence-electron chi connectivity index (χ1n) is 3.71. The smallest absolute Gasteiger partial charge is 0.317 e. The maximum absolute atomic E-state index is 11.0. The van der Waals surface area contributed by atoms with E-state index in [1.807, 2.05) is 0 Å². The van der Waals surface area contributed by atoms with Crippen LogP contribution in [0.15, 0.2) is 0 Å². The summed E-state index contributed by atoms with van der Waals surface area (Å²) in [5, 5.41) is 17.3. The highest BCUT2D eigenvalue weighted by Crippen LogP contribution is 2.28. The molecule has 74 valence electrons. The summed E-state index contributed by atoms with van der Waals surface area (Å²) < 4.78 is 0. The van der Waals surface area contributed by atoms with E-state index in [0.29, 0.717) is 0 Å². The molecule has 0 bridgehead atoms. The molecule has 0 aromatic rings. The Labute approximate surface area is 75.4 Å². The number of carbonyl (C=O) groups excluding carboxylic acids is 1. The molecule has 2 N–H and O–H groups in total. The minimum Gasteiger partial charge on any atom is -0.481 e. The third-order valence-corrected chi connectivity index (χ3v) is 2.41. The fourth-order valence-electron chi connectivity index (χ4n) is 0.888. The largest absolute Gasteiger partial charge is 0.481 e. The highest BCUT2D eigenvalue weighted by atomic mass is 16.4. The Balaban J connectivity index is 5.13. The molecule has 13 heavy (non-hydrogen) atoms. The average molecular weight is 188 g/mol. The van der Waals surface area contributed by atoms with Gasteiger partial charge in [-0.15, -0.1) is 0 Å². The van der Waals surface area contributed by atoms with Crippen molar-refractivity contribution in [1.29, 1.82) is 0 Å². The lowest BCUT2D eigenvalue weighted by atomic mass is 9.75. The molecule has 0 radical (unpaired) electrons. The van der Waals surface area contributed by atoms with Gasteiger partial charge < -0.3 is 10.2 Å². The number of carboxylic acid groups (broad SMARTS) is 2. The Bertz CT molecular complexity index is 241. The monoisotopic (exact) mass is 188 g/mol. The molecule has 0 saturated carbocycles. The van der Waals surface area contributed by atoms with E-state index in [4.69, 9.17) is 10.2 Å². The Morgan fingerprint density at radius 2 is 1.62 bits per heavy atom. The van der Waals surface area contributed by atoms with Gasteiger partial charge in [0.1, 0.15) is 11.2 Å². The van der Waals surface area contributed by atoms with Gasteiger partial charge in [-0.3, -0.25) is 14.4 Å². The quantitative estimate of drug-likeness (QED) is 0.622. The summed E-state index contributed by atoms with van der Waals surface area (Å²) in [6, 6.07) is 0. The van der Waals surface area contributed by atoms with Gasteiger partial charge in [-0.1, -0.05) is 6.92 Å². The summed E-state index contributed by atoms with van der Waals surface area (Å²) in [6.45, 7) is 3.40. The molecule has 0 aromatic carbocycles. The summed E-state index contributed by atoms with van der Waals surface area (Å²) in [7, 11) is 0. The number of carboxylic acids is 2. The standard InChI is InChI=1S/C8H12O5/c1-4(6(10)11)8(3,5(2)9)7(12)13/h4H,1-3H3,(H,10,11)(H,12,13). The van der Waals surface area contributed by atoms with Crippen molar-refractivity contribution in [2.45, 2.75) is 20.8 Å². The van der Waals surface area contributed by atoms with Gasteiger partial charge in [0.25, 0.3) is 0 Å². The zero-order valence-electron chi connectivity index (χ0n) is 7.70. The first-order valence-corrected chi connectivity index (χ1v) is 3.71. The molecule has 0 aliphatic carbocycles. The number of hydrogen-bond donors (Lipinski definition) is 2. The van der Waals surface area contributed by atoms with Gasteiger partial charge in [-0.05, 0) is 13.8 Å². The van der Waals surface area contributed by atoms with Gasteiger partial charge in [0.15, 0.2) is 0 Å². The van der Waals surface area contributed by atoms with Gasteiger partial charge in [0, 0.05) is 0 Å². The SMILES string of the molecule is CC(=O)C(C)(C(=O)O)C(C)C(=O)O. The molecule has 0 saturated heterocycles. The minimum absolute atomic E-state index is 0.657. The van der Waals surface area contributed by atoms with Crippen molar-refractivity contribution in [2.75, 3.05) is 0 Å². The van der Waals surface area contributed by atoms with Gasteiger partial charge in [0.05, 0.1) is 5.92 Å². The summed E-state index contributed by atoms with van der Waals surface area (Å²) in [4.78, 5) is 32.3. The van der Waals surface area contributed by atoms with Crippen LogP contribution in [0.1, 0.15) is 20.8 Å². The Morgan fingerprint density at radius 3 is 1.69 bits per heavy atom. The van der Waals surface area contributed by atoms with Crippen LogP contribution in [-0.2, 0) is 14.4 Å². The van der Waals surface area contributed by atoms with Crippen LogP contribution in [0.5, 0.6) is 0 Å². The van der Waals surface area contributed by atoms with Crippen molar-refractivity contribution in [1.82, 2.24) is 0 Å². The van der Waals surface area contributed by atoms with Crippen LogP contribution in [0.3, 0.4) is 0 Å². The number of ketones is 1. The predicted molar refractivity (Wildman–Crippen MR) is 43.2 cm³/mol. The molecule has 0 aliphatic heterocycles. The van der Waals surface area contributed by atoms with E-state index in [1.54, 1.807) is 0 Å². The maximum Gasteiger partial charge on any atom is 0.317 e. The molecule has 2 atom stereocenters. The maximum atomic E-state index is 11.0.